The van der Waals surface area contributed by atoms with Crippen LogP contribution in [0.2, 0.25) is 0 Å². The molecule has 2 fully saturated rings. The molecule has 0 spiro atoms. The highest BCUT2D eigenvalue weighted by molar-refractivity contribution is 14.0. The second-order valence-corrected chi connectivity index (χ2v) is 9.40. The van der Waals surface area contributed by atoms with E-state index in [1.54, 1.807) is 7.05 Å². The maximum absolute atomic E-state index is 12.5. The minimum Gasteiger partial charge on any atom is -0.379 e. The minimum atomic E-state index is -2.98. The van der Waals surface area contributed by atoms with Crippen LogP contribution < -0.4 is 10.6 Å². The van der Waals surface area contributed by atoms with E-state index in [0.29, 0.717) is 25.0 Å². The second-order valence-electron chi connectivity index (χ2n) is 7.14. The van der Waals surface area contributed by atoms with Crippen LogP contribution in [0.15, 0.2) is 4.99 Å². The highest BCUT2D eigenvalue weighted by Gasteiger charge is 2.32. The van der Waals surface area contributed by atoms with E-state index in [2.05, 4.69) is 15.6 Å². The fraction of sp³-hybridized carbons (Fsp3) is 0.882. The third-order valence-corrected chi connectivity index (χ3v) is 5.81. The molecule has 1 aliphatic carbocycles. The Kier molecular flexibility index (Phi) is 10.9. The maximum Gasteiger partial charge on any atom is 0.225 e. The summed E-state index contributed by atoms with van der Waals surface area (Å²) in [5, 5.41) is 6.50. The maximum atomic E-state index is 12.5. The Morgan fingerprint density at radius 1 is 1.22 bits per heavy atom. The Morgan fingerprint density at radius 2 is 1.93 bits per heavy atom. The van der Waals surface area contributed by atoms with Gasteiger partial charge in [-0.15, -0.1) is 24.0 Å². The molecule has 1 unspecified atom stereocenters. The van der Waals surface area contributed by atoms with Crippen LogP contribution in [0.5, 0.6) is 0 Å². The molecule has 1 atom stereocenters. The number of carbonyl (C=O) groups excluding carboxylic acids is 1. The predicted molar refractivity (Wildman–Crippen MR) is 117 cm³/mol. The average molecular weight is 516 g/mol. The summed E-state index contributed by atoms with van der Waals surface area (Å²) in [4.78, 5) is 18.7. The number of hydrogen-bond donors (Lipinski definition) is 2. The summed E-state index contributed by atoms with van der Waals surface area (Å²) >= 11 is 0. The average Bonchev–Trinajstić information content (AvgIpc) is 3.27. The topological polar surface area (TPSA) is 100 Å². The quantitative estimate of drug-likeness (QED) is 0.213. The van der Waals surface area contributed by atoms with Crippen molar-refractivity contribution in [1.82, 2.24) is 15.5 Å². The lowest BCUT2D eigenvalue weighted by molar-refractivity contribution is -0.134. The number of sulfone groups is 1. The molecule has 1 heterocycles. The molecule has 0 aromatic rings. The van der Waals surface area contributed by atoms with Gasteiger partial charge in [0.15, 0.2) is 5.96 Å². The highest BCUT2D eigenvalue weighted by Crippen LogP contribution is 2.27. The van der Waals surface area contributed by atoms with Crippen LogP contribution in [0.25, 0.3) is 0 Å². The SMILES string of the molecule is CN=C(NCCOCCS(C)(=O)=O)NC1CCN(C(=O)C2CCCC2)C1.I. The van der Waals surface area contributed by atoms with Gasteiger partial charge in [-0.3, -0.25) is 9.79 Å². The lowest BCUT2D eigenvalue weighted by Crippen LogP contribution is -2.46. The molecule has 0 radical (unpaired) electrons. The van der Waals surface area contributed by atoms with Gasteiger partial charge >= 0.3 is 0 Å². The van der Waals surface area contributed by atoms with E-state index in [1.807, 2.05) is 4.90 Å². The van der Waals surface area contributed by atoms with Gasteiger partial charge in [0.2, 0.25) is 5.91 Å². The van der Waals surface area contributed by atoms with Crippen LogP contribution in [0.3, 0.4) is 0 Å². The Morgan fingerprint density at radius 3 is 2.56 bits per heavy atom. The van der Waals surface area contributed by atoms with Crippen LogP contribution in [-0.2, 0) is 19.4 Å². The zero-order chi connectivity index (χ0) is 19.0. The highest BCUT2D eigenvalue weighted by atomic mass is 127. The van der Waals surface area contributed by atoms with Gasteiger partial charge in [-0.25, -0.2) is 8.42 Å². The third-order valence-electron chi connectivity index (χ3n) is 4.91. The molecule has 158 valence electrons. The van der Waals surface area contributed by atoms with Crippen LogP contribution >= 0.6 is 24.0 Å². The molecule has 1 saturated heterocycles. The van der Waals surface area contributed by atoms with E-state index < -0.39 is 9.84 Å². The first kappa shape index (κ1) is 24.4. The van der Waals surface area contributed by atoms with Crippen LogP contribution in [-0.4, -0.2) is 83.1 Å². The van der Waals surface area contributed by atoms with Gasteiger partial charge in [0, 0.05) is 44.9 Å². The van der Waals surface area contributed by atoms with Gasteiger partial charge in [0.1, 0.15) is 9.84 Å². The van der Waals surface area contributed by atoms with Gasteiger partial charge in [-0.2, -0.15) is 0 Å². The number of hydrogen-bond acceptors (Lipinski definition) is 5. The molecule has 10 heteroatoms. The minimum absolute atomic E-state index is 0. The van der Waals surface area contributed by atoms with Crippen molar-refractivity contribution in [1.29, 1.82) is 0 Å². The molecule has 8 nitrogen and oxygen atoms in total. The van der Waals surface area contributed by atoms with Crippen molar-refractivity contribution < 1.29 is 17.9 Å². The Balaban J connectivity index is 0.00000364. The van der Waals surface area contributed by atoms with Crippen molar-refractivity contribution in [2.45, 2.75) is 38.1 Å². The first-order valence-electron chi connectivity index (χ1n) is 9.40. The van der Waals surface area contributed by atoms with Gasteiger partial charge in [-0.05, 0) is 19.3 Å². The zero-order valence-electron chi connectivity index (χ0n) is 16.3. The summed E-state index contributed by atoms with van der Waals surface area (Å²) in [6, 6.07) is 0.206. The standard InChI is InChI=1S/C17H32N4O4S.HI/c1-18-17(19-8-10-25-11-12-26(2,23)24)20-15-7-9-21(13-15)16(22)14-5-3-4-6-14;/h14-15H,3-13H2,1-2H3,(H2,18,19,20);1H. The molecule has 2 N–H and O–H groups in total. The molecule has 27 heavy (non-hydrogen) atoms. The lowest BCUT2D eigenvalue weighted by atomic mass is 10.1. The fourth-order valence-electron chi connectivity index (χ4n) is 3.45. The molecule has 1 saturated carbocycles. The lowest BCUT2D eigenvalue weighted by Gasteiger charge is -2.21. The number of guanidine groups is 1. The number of carbonyl (C=O) groups is 1. The van der Waals surface area contributed by atoms with Crippen molar-refractivity contribution in [3.05, 3.63) is 0 Å². The molecular formula is C17H33IN4O4S. The largest absolute Gasteiger partial charge is 0.379 e. The van der Waals surface area contributed by atoms with E-state index in [1.165, 1.54) is 19.1 Å². The number of rotatable bonds is 8. The predicted octanol–water partition coefficient (Wildman–Crippen LogP) is 0.622. The van der Waals surface area contributed by atoms with Gasteiger partial charge < -0.3 is 20.3 Å². The number of aliphatic imine (C=N–C) groups is 1. The van der Waals surface area contributed by atoms with Crippen molar-refractivity contribution in [2.75, 3.05) is 51.9 Å². The molecule has 2 aliphatic rings. The number of likely N-dealkylation sites (tertiary alicyclic amines) is 1. The van der Waals surface area contributed by atoms with E-state index >= 15 is 0 Å². The zero-order valence-corrected chi connectivity index (χ0v) is 19.4. The molecule has 1 amide bonds. The number of nitrogens with one attached hydrogen (secondary N) is 2. The number of nitrogens with zero attached hydrogens (tertiary/aromatic N) is 2. The number of ether oxygens (including phenoxy) is 1. The monoisotopic (exact) mass is 516 g/mol. The van der Waals surface area contributed by atoms with Crippen molar-refractivity contribution in [3.8, 4) is 0 Å². The summed E-state index contributed by atoms with van der Waals surface area (Å²) < 4.78 is 27.3. The Hall–Kier alpha value is -0.620. The molecule has 0 aromatic heterocycles. The molecule has 2 rings (SSSR count). The molecular weight excluding hydrogens is 483 g/mol. The van der Waals surface area contributed by atoms with Crippen LogP contribution in [0.1, 0.15) is 32.1 Å². The number of halogens is 1. The van der Waals surface area contributed by atoms with Gasteiger partial charge in [0.05, 0.1) is 19.0 Å². The van der Waals surface area contributed by atoms with E-state index in [4.69, 9.17) is 4.74 Å². The molecule has 1 aliphatic heterocycles. The Bertz CT molecular complexity index is 594. The summed E-state index contributed by atoms with van der Waals surface area (Å²) in [5.41, 5.74) is 0. The van der Waals surface area contributed by atoms with E-state index in [0.717, 1.165) is 32.4 Å². The van der Waals surface area contributed by atoms with E-state index in [9.17, 15) is 13.2 Å². The summed E-state index contributed by atoms with van der Waals surface area (Å²) in [6.07, 6.45) is 6.54. The third kappa shape index (κ3) is 8.95. The summed E-state index contributed by atoms with van der Waals surface area (Å²) in [6.45, 7) is 2.68. The summed E-state index contributed by atoms with van der Waals surface area (Å²) in [5.74, 6) is 1.26. The first-order chi connectivity index (χ1) is 12.4. The van der Waals surface area contributed by atoms with Crippen molar-refractivity contribution in [3.63, 3.8) is 0 Å². The van der Waals surface area contributed by atoms with Crippen LogP contribution in [0.4, 0.5) is 0 Å². The number of amides is 1. The van der Waals surface area contributed by atoms with Crippen LogP contribution in [0, 0.1) is 5.92 Å². The van der Waals surface area contributed by atoms with Crippen molar-refractivity contribution in [2.24, 2.45) is 10.9 Å². The normalized spacial score (nSPS) is 21.2. The smallest absolute Gasteiger partial charge is 0.225 e. The summed E-state index contributed by atoms with van der Waals surface area (Å²) in [7, 11) is -1.28. The van der Waals surface area contributed by atoms with Crippen molar-refractivity contribution >= 4 is 45.7 Å². The fourth-order valence-corrected chi connectivity index (χ4v) is 3.87. The molecule has 0 bridgehead atoms. The molecule has 0 aromatic carbocycles. The second kappa shape index (κ2) is 12.1. The first-order valence-corrected chi connectivity index (χ1v) is 11.5. The Labute approximate surface area is 179 Å². The van der Waals surface area contributed by atoms with Gasteiger partial charge in [0.25, 0.3) is 0 Å². The van der Waals surface area contributed by atoms with E-state index in [-0.39, 0.29) is 48.3 Å². The van der Waals surface area contributed by atoms with Gasteiger partial charge in [-0.1, -0.05) is 12.8 Å².